The zero-order chi connectivity index (χ0) is 14.5. The highest BCUT2D eigenvalue weighted by molar-refractivity contribution is 6.30. The molecule has 20 heavy (non-hydrogen) atoms. The third kappa shape index (κ3) is 3.50. The molecule has 1 saturated heterocycles. The van der Waals surface area contributed by atoms with Gasteiger partial charge in [-0.05, 0) is 38.2 Å². The number of halogens is 2. The van der Waals surface area contributed by atoms with Gasteiger partial charge in [-0.25, -0.2) is 4.39 Å². The van der Waals surface area contributed by atoms with Crippen LogP contribution in [0.25, 0.3) is 0 Å². The lowest BCUT2D eigenvalue weighted by Crippen LogP contribution is -2.49. The van der Waals surface area contributed by atoms with E-state index in [9.17, 15) is 4.39 Å². The highest BCUT2D eigenvalue weighted by Gasteiger charge is 2.34. The van der Waals surface area contributed by atoms with E-state index >= 15 is 0 Å². The Morgan fingerprint density at radius 2 is 2.30 bits per heavy atom. The van der Waals surface area contributed by atoms with E-state index in [-0.39, 0.29) is 18.0 Å². The summed E-state index contributed by atoms with van der Waals surface area (Å²) in [5.41, 5.74) is 0.630. The van der Waals surface area contributed by atoms with Crippen LogP contribution in [0.15, 0.2) is 18.2 Å². The summed E-state index contributed by atoms with van der Waals surface area (Å²) in [6.07, 6.45) is 0.971. The number of rotatable bonds is 5. The second kappa shape index (κ2) is 7.36. The molecule has 2 unspecified atom stereocenters. The number of nitrogens with one attached hydrogen (secondary N) is 1. The predicted octanol–water partition coefficient (Wildman–Crippen LogP) is 2.85. The number of hydrogen-bond acceptors (Lipinski definition) is 3. The minimum absolute atomic E-state index is 0.0618. The van der Waals surface area contributed by atoms with Crippen molar-refractivity contribution in [3.63, 3.8) is 0 Å². The predicted molar refractivity (Wildman–Crippen MR) is 79.7 cm³/mol. The van der Waals surface area contributed by atoms with Crippen molar-refractivity contribution < 1.29 is 9.13 Å². The summed E-state index contributed by atoms with van der Waals surface area (Å²) in [6.45, 7) is 5.26. The first-order chi connectivity index (χ1) is 9.67. The monoisotopic (exact) mass is 300 g/mol. The SMILES string of the molecule is CCCN1CCOC(CNC)C1c1cc(Cl)ccc1F. The molecule has 0 radical (unpaired) electrons. The maximum atomic E-state index is 14.2. The van der Waals surface area contributed by atoms with Crippen LogP contribution < -0.4 is 5.32 Å². The van der Waals surface area contributed by atoms with E-state index in [1.807, 2.05) is 7.05 Å². The second-order valence-electron chi connectivity index (χ2n) is 5.11. The smallest absolute Gasteiger partial charge is 0.128 e. The molecule has 112 valence electrons. The van der Waals surface area contributed by atoms with Crippen molar-refractivity contribution >= 4 is 11.6 Å². The molecule has 1 aromatic rings. The normalized spacial score (nSPS) is 24.0. The first kappa shape index (κ1) is 15.7. The van der Waals surface area contributed by atoms with Gasteiger partial charge in [0.1, 0.15) is 5.82 Å². The van der Waals surface area contributed by atoms with E-state index in [0.29, 0.717) is 23.7 Å². The van der Waals surface area contributed by atoms with E-state index in [1.54, 1.807) is 12.1 Å². The van der Waals surface area contributed by atoms with E-state index in [2.05, 4.69) is 17.1 Å². The zero-order valence-corrected chi connectivity index (χ0v) is 12.8. The van der Waals surface area contributed by atoms with Crippen LogP contribution in [0, 0.1) is 5.82 Å². The van der Waals surface area contributed by atoms with Gasteiger partial charge in [0.25, 0.3) is 0 Å². The minimum atomic E-state index is -0.216. The molecular formula is C15H22ClFN2O. The Balaban J connectivity index is 2.34. The quantitative estimate of drug-likeness (QED) is 0.905. The van der Waals surface area contributed by atoms with E-state index < -0.39 is 0 Å². The van der Waals surface area contributed by atoms with Crippen LogP contribution in [-0.2, 0) is 4.74 Å². The third-order valence-electron chi connectivity index (χ3n) is 3.65. The van der Waals surface area contributed by atoms with Crippen LogP contribution in [0.3, 0.4) is 0 Å². The van der Waals surface area contributed by atoms with Gasteiger partial charge >= 0.3 is 0 Å². The van der Waals surface area contributed by atoms with Gasteiger partial charge in [-0.1, -0.05) is 18.5 Å². The van der Waals surface area contributed by atoms with Crippen molar-refractivity contribution in [2.24, 2.45) is 0 Å². The summed E-state index contributed by atoms with van der Waals surface area (Å²) >= 11 is 6.04. The lowest BCUT2D eigenvalue weighted by molar-refractivity contribution is -0.0714. The Kier molecular flexibility index (Phi) is 5.78. The van der Waals surface area contributed by atoms with Crippen LogP contribution in [0.2, 0.25) is 5.02 Å². The summed E-state index contributed by atoms with van der Waals surface area (Å²) in [5, 5.41) is 3.69. The maximum Gasteiger partial charge on any atom is 0.128 e. The summed E-state index contributed by atoms with van der Waals surface area (Å²) < 4.78 is 20.1. The van der Waals surface area contributed by atoms with Gasteiger partial charge in [0.15, 0.2) is 0 Å². The van der Waals surface area contributed by atoms with Gasteiger partial charge in [0.05, 0.1) is 18.8 Å². The van der Waals surface area contributed by atoms with Crippen molar-refractivity contribution in [1.29, 1.82) is 0 Å². The van der Waals surface area contributed by atoms with Gasteiger partial charge in [-0.15, -0.1) is 0 Å². The van der Waals surface area contributed by atoms with Gasteiger partial charge < -0.3 is 10.1 Å². The molecule has 2 atom stereocenters. The molecule has 1 aliphatic heterocycles. The first-order valence-electron chi connectivity index (χ1n) is 7.12. The number of ether oxygens (including phenoxy) is 1. The molecule has 0 aromatic heterocycles. The zero-order valence-electron chi connectivity index (χ0n) is 12.0. The number of nitrogens with zero attached hydrogens (tertiary/aromatic N) is 1. The highest BCUT2D eigenvalue weighted by Crippen LogP contribution is 2.32. The van der Waals surface area contributed by atoms with Gasteiger partial charge in [-0.3, -0.25) is 4.90 Å². The third-order valence-corrected chi connectivity index (χ3v) is 3.88. The molecule has 1 N–H and O–H groups in total. The molecule has 1 fully saturated rings. The Morgan fingerprint density at radius 1 is 1.50 bits per heavy atom. The molecule has 0 saturated carbocycles. The first-order valence-corrected chi connectivity index (χ1v) is 7.50. The van der Waals surface area contributed by atoms with E-state index in [0.717, 1.165) is 19.5 Å². The van der Waals surface area contributed by atoms with Crippen LogP contribution >= 0.6 is 11.6 Å². The Labute approximate surface area is 125 Å². The van der Waals surface area contributed by atoms with Crippen molar-refractivity contribution in [1.82, 2.24) is 10.2 Å². The molecule has 0 bridgehead atoms. The highest BCUT2D eigenvalue weighted by atomic mass is 35.5. The Morgan fingerprint density at radius 3 is 3.00 bits per heavy atom. The fourth-order valence-electron chi connectivity index (χ4n) is 2.83. The maximum absolute atomic E-state index is 14.2. The lowest BCUT2D eigenvalue weighted by Gasteiger charge is -2.41. The summed E-state index contributed by atoms with van der Waals surface area (Å²) in [6, 6.07) is 4.66. The standard InChI is InChI=1S/C15H22ClFN2O/c1-3-6-19-7-8-20-14(10-18-2)15(19)12-9-11(16)4-5-13(12)17/h4-5,9,14-15,18H,3,6-8,10H2,1-2H3. The van der Waals surface area contributed by atoms with Crippen LogP contribution in [0.4, 0.5) is 4.39 Å². The van der Waals surface area contributed by atoms with Crippen molar-refractivity contribution in [3.05, 3.63) is 34.6 Å². The molecule has 1 aliphatic rings. The topological polar surface area (TPSA) is 24.5 Å². The molecule has 1 heterocycles. The Hall–Kier alpha value is -0.680. The molecule has 3 nitrogen and oxygen atoms in total. The molecule has 2 rings (SSSR count). The summed E-state index contributed by atoms with van der Waals surface area (Å²) in [4.78, 5) is 2.29. The Bertz CT molecular complexity index is 426. The molecule has 5 heteroatoms. The van der Waals surface area contributed by atoms with Gasteiger partial charge in [0, 0.05) is 23.7 Å². The fourth-order valence-corrected chi connectivity index (χ4v) is 3.02. The number of benzene rings is 1. The van der Waals surface area contributed by atoms with E-state index in [4.69, 9.17) is 16.3 Å². The average molecular weight is 301 g/mol. The van der Waals surface area contributed by atoms with E-state index in [1.165, 1.54) is 6.07 Å². The minimum Gasteiger partial charge on any atom is -0.374 e. The number of hydrogen-bond donors (Lipinski definition) is 1. The number of morpholine rings is 1. The molecule has 1 aromatic carbocycles. The van der Waals surface area contributed by atoms with Crippen LogP contribution in [0.1, 0.15) is 24.9 Å². The van der Waals surface area contributed by atoms with Gasteiger partial charge in [0.2, 0.25) is 0 Å². The van der Waals surface area contributed by atoms with Gasteiger partial charge in [-0.2, -0.15) is 0 Å². The van der Waals surface area contributed by atoms with Crippen molar-refractivity contribution in [2.45, 2.75) is 25.5 Å². The van der Waals surface area contributed by atoms with Crippen LogP contribution in [-0.4, -0.2) is 44.3 Å². The lowest BCUT2D eigenvalue weighted by atomic mass is 9.97. The largest absolute Gasteiger partial charge is 0.374 e. The van der Waals surface area contributed by atoms with Crippen molar-refractivity contribution in [2.75, 3.05) is 33.3 Å². The summed E-state index contributed by atoms with van der Waals surface area (Å²) in [7, 11) is 1.88. The molecular weight excluding hydrogens is 279 g/mol. The summed E-state index contributed by atoms with van der Waals surface area (Å²) in [5.74, 6) is -0.216. The van der Waals surface area contributed by atoms with Crippen LogP contribution in [0.5, 0.6) is 0 Å². The molecule has 0 spiro atoms. The average Bonchev–Trinajstić information content (AvgIpc) is 2.43. The fraction of sp³-hybridized carbons (Fsp3) is 0.600. The second-order valence-corrected chi connectivity index (χ2v) is 5.55. The molecule has 0 amide bonds. The number of likely N-dealkylation sites (N-methyl/N-ethyl adjacent to an activating group) is 1. The van der Waals surface area contributed by atoms with Crippen molar-refractivity contribution in [3.8, 4) is 0 Å². The molecule has 0 aliphatic carbocycles.